The van der Waals surface area contributed by atoms with Gasteiger partial charge in [0.15, 0.2) is 5.69 Å². The van der Waals surface area contributed by atoms with E-state index in [9.17, 15) is 9.90 Å². The molecule has 1 heterocycles. The molecule has 0 saturated heterocycles. The molecule has 0 aromatic carbocycles. The molecule has 0 bridgehead atoms. The number of nitrogens with zero attached hydrogens (tertiary/aromatic N) is 1. The number of anilines is 1. The van der Waals surface area contributed by atoms with Gasteiger partial charge < -0.3 is 15.2 Å². The highest BCUT2D eigenvalue weighted by molar-refractivity contribution is 6.37. The lowest BCUT2D eigenvalue weighted by Gasteiger charge is -2.28. The fraction of sp³-hybridized carbons (Fsp3) is 0.571. The highest BCUT2D eigenvalue weighted by atomic mass is 35.5. The minimum atomic E-state index is -0.636. The summed E-state index contributed by atoms with van der Waals surface area (Å²) < 4.78 is 4.63. The van der Waals surface area contributed by atoms with Crippen LogP contribution in [0.3, 0.4) is 0 Å². The van der Waals surface area contributed by atoms with Crippen LogP contribution >= 0.6 is 23.2 Å². The first-order valence-electron chi connectivity index (χ1n) is 6.89. The molecule has 2 rings (SSSR count). The third kappa shape index (κ3) is 3.99. The summed E-state index contributed by atoms with van der Waals surface area (Å²) in [5, 5.41) is 13.5. The molecule has 1 aromatic heterocycles. The van der Waals surface area contributed by atoms with Crippen molar-refractivity contribution in [2.24, 2.45) is 5.92 Å². The van der Waals surface area contributed by atoms with Crippen LogP contribution in [0.15, 0.2) is 6.07 Å². The number of aliphatic hydroxyl groups excluding tert-OH is 1. The minimum absolute atomic E-state index is 0.0154. The van der Waals surface area contributed by atoms with Gasteiger partial charge in [-0.3, -0.25) is 0 Å². The third-order valence-corrected chi connectivity index (χ3v) is 4.31. The van der Waals surface area contributed by atoms with E-state index in [0.717, 1.165) is 25.7 Å². The standard InChI is InChI=1S/C14H18Cl2N2O3/c1-21-14(20)13-12(16)9(6-11(15)18-13)17-7-8-4-2-3-5-10(8)19/h6,8,10,19H,2-5,7H2,1H3,(H,17,18)/t8-,10+/m0/s1. The van der Waals surface area contributed by atoms with Gasteiger partial charge in [-0.25, -0.2) is 9.78 Å². The number of pyridine rings is 1. The second kappa shape index (κ2) is 7.29. The van der Waals surface area contributed by atoms with Crippen molar-refractivity contribution < 1.29 is 14.6 Å². The lowest BCUT2D eigenvalue weighted by atomic mass is 9.86. The van der Waals surface area contributed by atoms with Gasteiger partial charge in [0.25, 0.3) is 0 Å². The van der Waals surface area contributed by atoms with Gasteiger partial charge >= 0.3 is 5.97 Å². The number of carbonyl (C=O) groups is 1. The average Bonchev–Trinajstić information content (AvgIpc) is 2.48. The molecule has 0 radical (unpaired) electrons. The predicted octanol–water partition coefficient (Wildman–Crippen LogP) is 3.14. The van der Waals surface area contributed by atoms with Crippen molar-refractivity contribution in [2.75, 3.05) is 19.0 Å². The zero-order chi connectivity index (χ0) is 15.4. The quantitative estimate of drug-likeness (QED) is 0.654. The Morgan fingerprint density at radius 2 is 2.19 bits per heavy atom. The van der Waals surface area contributed by atoms with Crippen molar-refractivity contribution in [3.05, 3.63) is 21.9 Å². The van der Waals surface area contributed by atoms with Crippen LogP contribution < -0.4 is 5.32 Å². The third-order valence-electron chi connectivity index (χ3n) is 3.73. The SMILES string of the molecule is COC(=O)c1nc(Cl)cc(NC[C@@H]2CCCC[C@H]2O)c1Cl. The first-order valence-corrected chi connectivity index (χ1v) is 7.64. The predicted molar refractivity (Wildman–Crippen MR) is 82.1 cm³/mol. The molecule has 1 aliphatic rings. The van der Waals surface area contributed by atoms with E-state index in [-0.39, 0.29) is 27.9 Å². The molecule has 2 N–H and O–H groups in total. The summed E-state index contributed by atoms with van der Waals surface area (Å²) in [7, 11) is 1.26. The van der Waals surface area contributed by atoms with Crippen LogP contribution in [0.5, 0.6) is 0 Å². The molecule has 7 heteroatoms. The molecule has 1 aromatic rings. The van der Waals surface area contributed by atoms with Gasteiger partial charge in [-0.2, -0.15) is 0 Å². The van der Waals surface area contributed by atoms with E-state index in [2.05, 4.69) is 15.0 Å². The topological polar surface area (TPSA) is 71.5 Å². The van der Waals surface area contributed by atoms with Gasteiger partial charge in [-0.1, -0.05) is 36.0 Å². The molecular formula is C14H18Cl2N2O3. The molecule has 1 fully saturated rings. The van der Waals surface area contributed by atoms with Crippen molar-refractivity contribution in [3.63, 3.8) is 0 Å². The van der Waals surface area contributed by atoms with E-state index in [1.165, 1.54) is 7.11 Å². The second-order valence-electron chi connectivity index (χ2n) is 5.14. The highest BCUT2D eigenvalue weighted by Gasteiger charge is 2.24. The number of aliphatic hydroxyl groups is 1. The van der Waals surface area contributed by atoms with E-state index < -0.39 is 5.97 Å². The number of rotatable bonds is 4. The number of hydrogen-bond donors (Lipinski definition) is 2. The van der Waals surface area contributed by atoms with Crippen LogP contribution in [0.2, 0.25) is 10.2 Å². The Morgan fingerprint density at radius 3 is 2.86 bits per heavy atom. The van der Waals surface area contributed by atoms with E-state index in [0.29, 0.717) is 12.2 Å². The number of methoxy groups -OCH3 is 1. The molecule has 2 atom stereocenters. The van der Waals surface area contributed by atoms with Crippen molar-refractivity contribution >= 4 is 34.9 Å². The number of aromatic nitrogens is 1. The zero-order valence-corrected chi connectivity index (χ0v) is 13.2. The first-order chi connectivity index (χ1) is 10.0. The van der Waals surface area contributed by atoms with Crippen LogP contribution in [-0.4, -0.2) is 35.8 Å². The summed E-state index contributed by atoms with van der Waals surface area (Å²) in [5.41, 5.74) is 0.508. The summed E-state index contributed by atoms with van der Waals surface area (Å²) in [6.45, 7) is 0.571. The molecule has 0 aliphatic heterocycles. The lowest BCUT2D eigenvalue weighted by Crippen LogP contribution is -2.30. The Kier molecular flexibility index (Phi) is 5.67. The molecule has 5 nitrogen and oxygen atoms in total. The molecule has 0 amide bonds. The van der Waals surface area contributed by atoms with Crippen LogP contribution in [0.25, 0.3) is 0 Å². The summed E-state index contributed by atoms with van der Waals surface area (Å²) in [4.78, 5) is 15.5. The van der Waals surface area contributed by atoms with E-state index in [1.807, 2.05) is 0 Å². The zero-order valence-electron chi connectivity index (χ0n) is 11.7. The maximum atomic E-state index is 11.6. The Morgan fingerprint density at radius 1 is 1.48 bits per heavy atom. The number of halogens is 2. The van der Waals surface area contributed by atoms with Crippen LogP contribution in [0.4, 0.5) is 5.69 Å². The number of carbonyl (C=O) groups excluding carboxylic acids is 1. The Balaban J connectivity index is 2.12. The highest BCUT2D eigenvalue weighted by Crippen LogP contribution is 2.30. The first kappa shape index (κ1) is 16.3. The number of ether oxygens (including phenoxy) is 1. The maximum absolute atomic E-state index is 11.6. The van der Waals surface area contributed by atoms with E-state index >= 15 is 0 Å². The Hall–Kier alpha value is -1.04. The number of hydrogen-bond acceptors (Lipinski definition) is 5. The molecule has 116 valence electrons. The normalized spacial score (nSPS) is 21.9. The number of esters is 1. The summed E-state index contributed by atoms with van der Waals surface area (Å²) in [6, 6.07) is 1.56. The summed E-state index contributed by atoms with van der Waals surface area (Å²) >= 11 is 12.1. The summed E-state index contributed by atoms with van der Waals surface area (Å²) in [5.74, 6) is -0.466. The molecule has 0 spiro atoms. The van der Waals surface area contributed by atoms with Gasteiger partial charge in [0.1, 0.15) is 5.15 Å². The van der Waals surface area contributed by atoms with E-state index in [1.54, 1.807) is 6.07 Å². The van der Waals surface area contributed by atoms with Crippen molar-refractivity contribution in [1.29, 1.82) is 0 Å². The van der Waals surface area contributed by atoms with Gasteiger partial charge in [0.2, 0.25) is 0 Å². The second-order valence-corrected chi connectivity index (χ2v) is 5.90. The maximum Gasteiger partial charge on any atom is 0.358 e. The van der Waals surface area contributed by atoms with Gasteiger partial charge in [0.05, 0.1) is 23.9 Å². The fourth-order valence-corrected chi connectivity index (χ4v) is 2.96. The number of nitrogens with one attached hydrogen (secondary N) is 1. The minimum Gasteiger partial charge on any atom is -0.464 e. The monoisotopic (exact) mass is 332 g/mol. The summed E-state index contributed by atoms with van der Waals surface area (Å²) in [6.07, 6.45) is 3.66. The van der Waals surface area contributed by atoms with Crippen molar-refractivity contribution in [2.45, 2.75) is 31.8 Å². The molecule has 1 aliphatic carbocycles. The molecule has 21 heavy (non-hydrogen) atoms. The van der Waals surface area contributed by atoms with Crippen LogP contribution in [-0.2, 0) is 4.74 Å². The van der Waals surface area contributed by atoms with Crippen molar-refractivity contribution in [3.8, 4) is 0 Å². The molecule has 1 saturated carbocycles. The van der Waals surface area contributed by atoms with Crippen LogP contribution in [0.1, 0.15) is 36.2 Å². The Labute approximate surface area is 133 Å². The van der Waals surface area contributed by atoms with Crippen molar-refractivity contribution in [1.82, 2.24) is 4.98 Å². The smallest absolute Gasteiger partial charge is 0.358 e. The van der Waals surface area contributed by atoms with E-state index in [4.69, 9.17) is 23.2 Å². The fourth-order valence-electron chi connectivity index (χ4n) is 2.53. The Bertz CT molecular complexity index is 525. The lowest BCUT2D eigenvalue weighted by molar-refractivity contribution is 0.0594. The van der Waals surface area contributed by atoms with Crippen LogP contribution in [0, 0.1) is 5.92 Å². The van der Waals surface area contributed by atoms with Gasteiger partial charge in [-0.05, 0) is 12.8 Å². The van der Waals surface area contributed by atoms with Gasteiger partial charge in [0, 0.05) is 18.5 Å². The van der Waals surface area contributed by atoms with Gasteiger partial charge in [-0.15, -0.1) is 0 Å². The molecular weight excluding hydrogens is 315 g/mol. The average molecular weight is 333 g/mol. The largest absolute Gasteiger partial charge is 0.464 e. The molecule has 0 unspecified atom stereocenters.